The van der Waals surface area contributed by atoms with Gasteiger partial charge in [-0.1, -0.05) is 0 Å². The third-order valence-electron chi connectivity index (χ3n) is 4.01. The van der Waals surface area contributed by atoms with Crippen molar-refractivity contribution in [2.75, 3.05) is 6.54 Å². The summed E-state index contributed by atoms with van der Waals surface area (Å²) in [4.78, 5) is 11.8. The van der Waals surface area contributed by atoms with Crippen LogP contribution in [0, 0.1) is 17.1 Å². The van der Waals surface area contributed by atoms with Crippen molar-refractivity contribution in [1.82, 2.24) is 14.5 Å². The van der Waals surface area contributed by atoms with E-state index in [0.717, 1.165) is 48.7 Å². The topological polar surface area (TPSA) is 105 Å². The van der Waals surface area contributed by atoms with E-state index in [4.69, 9.17) is 5.26 Å². The van der Waals surface area contributed by atoms with Crippen LogP contribution in [0.25, 0.3) is 0 Å². The van der Waals surface area contributed by atoms with E-state index >= 15 is 0 Å². The highest BCUT2D eigenvalue weighted by molar-refractivity contribution is 7.89. The van der Waals surface area contributed by atoms with Gasteiger partial charge in [0.2, 0.25) is 10.0 Å². The molecule has 2 aromatic rings. The lowest BCUT2D eigenvalue weighted by Crippen LogP contribution is -2.32. The quantitative estimate of drug-likeness (QED) is 0.844. The Morgan fingerprint density at radius 1 is 1.32 bits per heavy atom. The maximum atomic E-state index is 13.3. The Balaban J connectivity index is 1.71. The zero-order chi connectivity index (χ0) is 18.0. The van der Waals surface area contributed by atoms with Gasteiger partial charge in [0, 0.05) is 12.6 Å². The molecule has 3 rings (SSSR count). The van der Waals surface area contributed by atoms with Crippen LogP contribution >= 0.6 is 0 Å². The van der Waals surface area contributed by atoms with Crippen LogP contribution in [-0.4, -0.2) is 24.7 Å². The van der Waals surface area contributed by atoms with Gasteiger partial charge in [-0.05, 0) is 43.0 Å². The van der Waals surface area contributed by atoms with Crippen molar-refractivity contribution in [3.05, 3.63) is 57.3 Å². The van der Waals surface area contributed by atoms with Crippen molar-refractivity contribution in [1.29, 1.82) is 5.26 Å². The van der Waals surface area contributed by atoms with E-state index in [2.05, 4.69) is 9.82 Å². The summed E-state index contributed by atoms with van der Waals surface area (Å²) in [5, 5.41) is 13.0. The molecular formula is C16H15FN4O3S. The summed E-state index contributed by atoms with van der Waals surface area (Å²) in [6.07, 6.45) is 2.62. The number of aryl methyl sites for hydroxylation is 2. The van der Waals surface area contributed by atoms with Crippen molar-refractivity contribution in [3.63, 3.8) is 0 Å². The molecule has 0 spiro atoms. The van der Waals surface area contributed by atoms with E-state index in [1.165, 1.54) is 4.68 Å². The van der Waals surface area contributed by atoms with Crippen LogP contribution in [-0.2, 0) is 29.4 Å². The molecule has 9 heteroatoms. The fourth-order valence-electron chi connectivity index (χ4n) is 2.73. The van der Waals surface area contributed by atoms with Crippen LogP contribution in [0.1, 0.15) is 23.2 Å². The minimum absolute atomic E-state index is 0.0483. The van der Waals surface area contributed by atoms with Crippen LogP contribution in [0.3, 0.4) is 0 Å². The van der Waals surface area contributed by atoms with E-state index in [9.17, 15) is 17.6 Å². The van der Waals surface area contributed by atoms with Crippen molar-refractivity contribution >= 4 is 10.0 Å². The predicted molar refractivity (Wildman–Crippen MR) is 86.8 cm³/mol. The minimum Gasteiger partial charge on any atom is -0.268 e. The molecule has 1 aliphatic rings. The summed E-state index contributed by atoms with van der Waals surface area (Å²) >= 11 is 0. The Kier molecular flexibility index (Phi) is 4.65. The summed E-state index contributed by atoms with van der Waals surface area (Å²) in [5.41, 5.74) is 1.21. The van der Waals surface area contributed by atoms with Crippen LogP contribution in [0.15, 0.2) is 34.0 Å². The van der Waals surface area contributed by atoms with Crippen molar-refractivity contribution in [2.45, 2.75) is 30.7 Å². The number of fused-ring (bicyclic) bond motifs is 1. The molecule has 1 N–H and O–H groups in total. The molecule has 7 nitrogen and oxygen atoms in total. The van der Waals surface area contributed by atoms with Crippen LogP contribution in [0.2, 0.25) is 0 Å². The second kappa shape index (κ2) is 6.74. The molecule has 1 heterocycles. The molecule has 0 aliphatic heterocycles. The normalized spacial score (nSPS) is 13.4. The van der Waals surface area contributed by atoms with E-state index in [-0.39, 0.29) is 29.1 Å². The molecule has 0 amide bonds. The van der Waals surface area contributed by atoms with Crippen LogP contribution < -0.4 is 10.3 Å². The van der Waals surface area contributed by atoms with Gasteiger partial charge in [0.15, 0.2) is 0 Å². The number of aromatic nitrogens is 2. The van der Waals surface area contributed by atoms with Gasteiger partial charge in [0.1, 0.15) is 11.9 Å². The van der Waals surface area contributed by atoms with Gasteiger partial charge in [0.25, 0.3) is 5.56 Å². The molecule has 1 aromatic carbocycles. The standard InChI is InChI=1S/C16H15FN4O3S/c17-14-5-4-13(8-12(14)10-18)25(23,24)19-6-7-21-16(22)9-11-2-1-3-15(11)20-21/h4-5,8-9,19H,1-3,6-7H2. The molecule has 0 saturated heterocycles. The minimum atomic E-state index is -3.92. The smallest absolute Gasteiger partial charge is 0.267 e. The highest BCUT2D eigenvalue weighted by Gasteiger charge is 2.17. The number of hydrogen-bond acceptors (Lipinski definition) is 5. The van der Waals surface area contributed by atoms with Gasteiger partial charge in [-0.25, -0.2) is 22.2 Å². The zero-order valence-corrected chi connectivity index (χ0v) is 14.0. The Morgan fingerprint density at radius 2 is 2.12 bits per heavy atom. The van der Waals surface area contributed by atoms with Crippen molar-refractivity contribution < 1.29 is 12.8 Å². The molecule has 0 fully saturated rings. The highest BCUT2D eigenvalue weighted by Crippen LogP contribution is 2.17. The van der Waals surface area contributed by atoms with Gasteiger partial charge in [-0.15, -0.1) is 0 Å². The number of benzene rings is 1. The average Bonchev–Trinajstić information content (AvgIpc) is 3.02. The first-order valence-corrected chi connectivity index (χ1v) is 9.18. The lowest BCUT2D eigenvalue weighted by atomic mass is 10.2. The van der Waals surface area contributed by atoms with Gasteiger partial charge in [-0.3, -0.25) is 4.79 Å². The van der Waals surface area contributed by atoms with E-state index in [1.807, 2.05) is 0 Å². The maximum absolute atomic E-state index is 13.3. The molecule has 1 aliphatic carbocycles. The van der Waals surface area contributed by atoms with Gasteiger partial charge in [-0.2, -0.15) is 10.4 Å². The summed E-state index contributed by atoms with van der Waals surface area (Å²) in [5.74, 6) is -0.782. The average molecular weight is 362 g/mol. The Hall–Kier alpha value is -2.57. The van der Waals surface area contributed by atoms with E-state index in [1.54, 1.807) is 12.1 Å². The van der Waals surface area contributed by atoms with E-state index in [0.29, 0.717) is 0 Å². The second-order valence-corrected chi connectivity index (χ2v) is 7.45. The highest BCUT2D eigenvalue weighted by atomic mass is 32.2. The Labute approximate surface area is 143 Å². The first-order chi connectivity index (χ1) is 11.9. The summed E-state index contributed by atoms with van der Waals surface area (Å²) in [6.45, 7) is 0.0327. The first kappa shape index (κ1) is 17.3. The van der Waals surface area contributed by atoms with Crippen molar-refractivity contribution in [2.24, 2.45) is 0 Å². The summed E-state index contributed by atoms with van der Waals surface area (Å²) < 4.78 is 41.3. The molecule has 130 valence electrons. The molecular weight excluding hydrogens is 347 g/mol. The molecule has 0 atom stereocenters. The number of sulfonamides is 1. The van der Waals surface area contributed by atoms with Gasteiger partial charge in [0.05, 0.1) is 22.7 Å². The van der Waals surface area contributed by atoms with Crippen molar-refractivity contribution in [3.8, 4) is 6.07 Å². The lowest BCUT2D eigenvalue weighted by Gasteiger charge is -2.09. The van der Waals surface area contributed by atoms with Gasteiger partial charge < -0.3 is 0 Å². The predicted octanol–water partition coefficient (Wildman–Crippen LogP) is 0.721. The Bertz CT molecular complexity index is 1020. The van der Waals surface area contributed by atoms with Crippen LogP contribution in [0.4, 0.5) is 4.39 Å². The number of hydrogen-bond donors (Lipinski definition) is 1. The number of nitrogens with one attached hydrogen (secondary N) is 1. The summed E-state index contributed by atoms with van der Waals surface area (Å²) in [6, 6.07) is 6.12. The molecule has 0 bridgehead atoms. The molecule has 1 aromatic heterocycles. The molecule has 25 heavy (non-hydrogen) atoms. The molecule has 0 saturated carbocycles. The molecule has 0 unspecified atom stereocenters. The Morgan fingerprint density at radius 3 is 2.88 bits per heavy atom. The fourth-order valence-corrected chi connectivity index (χ4v) is 3.77. The molecule has 0 radical (unpaired) electrons. The summed E-state index contributed by atoms with van der Waals surface area (Å²) in [7, 11) is -3.92. The number of halogens is 1. The lowest BCUT2D eigenvalue weighted by molar-refractivity contribution is 0.541. The number of nitriles is 1. The third kappa shape index (κ3) is 3.60. The number of nitrogens with zero attached hydrogens (tertiary/aromatic N) is 3. The monoisotopic (exact) mass is 362 g/mol. The largest absolute Gasteiger partial charge is 0.268 e. The zero-order valence-electron chi connectivity index (χ0n) is 13.2. The third-order valence-corrected chi connectivity index (χ3v) is 5.47. The number of rotatable bonds is 5. The first-order valence-electron chi connectivity index (χ1n) is 7.70. The second-order valence-electron chi connectivity index (χ2n) is 5.68. The van der Waals surface area contributed by atoms with E-state index < -0.39 is 15.8 Å². The maximum Gasteiger partial charge on any atom is 0.267 e. The van der Waals surface area contributed by atoms with Gasteiger partial charge >= 0.3 is 0 Å². The SMILES string of the molecule is N#Cc1cc(S(=O)(=O)NCCn2nc3c(cc2=O)CCC3)ccc1F. The fraction of sp³-hybridized carbons (Fsp3) is 0.312. The van der Waals surface area contributed by atoms with Crippen LogP contribution in [0.5, 0.6) is 0 Å².